The third kappa shape index (κ3) is 3.66. The first-order valence-electron chi connectivity index (χ1n) is 9.10. The zero-order valence-electron chi connectivity index (χ0n) is 15.8. The molecule has 1 N–H and O–H groups in total. The molecule has 5 nitrogen and oxygen atoms in total. The van der Waals surface area contributed by atoms with Crippen LogP contribution in [0, 0.1) is 0 Å². The van der Waals surface area contributed by atoms with Crippen LogP contribution >= 0.6 is 15.9 Å². The fourth-order valence-corrected chi connectivity index (χ4v) is 3.60. The summed E-state index contributed by atoms with van der Waals surface area (Å²) in [6, 6.07) is 18.7. The molecule has 1 atom stereocenters. The van der Waals surface area contributed by atoms with Gasteiger partial charge in [0.15, 0.2) is 5.65 Å². The number of ether oxygens (including phenoxy) is 1. The summed E-state index contributed by atoms with van der Waals surface area (Å²) in [5, 5.41) is 4.47. The lowest BCUT2D eigenvalue weighted by Gasteiger charge is -2.14. The van der Waals surface area contributed by atoms with Gasteiger partial charge in [-0.25, -0.2) is 9.97 Å². The topological polar surface area (TPSA) is 52.0 Å². The third-order valence-electron chi connectivity index (χ3n) is 4.57. The van der Waals surface area contributed by atoms with Gasteiger partial charge in [-0.05, 0) is 36.8 Å². The van der Waals surface area contributed by atoms with Crippen LogP contribution < -0.4 is 5.32 Å². The highest BCUT2D eigenvalue weighted by Gasteiger charge is 2.18. The zero-order chi connectivity index (χ0) is 19.5. The minimum Gasteiger partial charge on any atom is -0.383 e. The molecule has 28 heavy (non-hydrogen) atoms. The summed E-state index contributed by atoms with van der Waals surface area (Å²) < 4.78 is 8.42. The molecule has 0 unspecified atom stereocenters. The Morgan fingerprint density at radius 3 is 2.54 bits per heavy atom. The molecule has 0 aliphatic carbocycles. The van der Waals surface area contributed by atoms with Crippen molar-refractivity contribution >= 4 is 32.8 Å². The summed E-state index contributed by atoms with van der Waals surface area (Å²) in [6.45, 7) is 2.67. The lowest BCUT2D eigenvalue weighted by Crippen LogP contribution is -2.21. The molecule has 0 spiro atoms. The van der Waals surface area contributed by atoms with Crippen molar-refractivity contribution in [1.82, 2.24) is 14.5 Å². The molecule has 0 saturated heterocycles. The van der Waals surface area contributed by atoms with Crippen LogP contribution in [0.1, 0.15) is 6.92 Å². The molecule has 6 heteroatoms. The largest absolute Gasteiger partial charge is 0.383 e. The molecular weight excluding hydrogens is 416 g/mol. The maximum atomic E-state index is 5.27. The molecular formula is C22H21BrN4O. The summed E-state index contributed by atoms with van der Waals surface area (Å²) in [7, 11) is 1.70. The molecule has 0 aliphatic rings. The maximum Gasteiger partial charge on any atom is 0.150 e. The Bertz CT molecular complexity index is 1080. The number of benzene rings is 2. The number of rotatable bonds is 6. The van der Waals surface area contributed by atoms with Gasteiger partial charge in [-0.3, -0.25) is 0 Å². The van der Waals surface area contributed by atoms with E-state index >= 15 is 0 Å². The van der Waals surface area contributed by atoms with E-state index in [1.54, 1.807) is 13.4 Å². The summed E-state index contributed by atoms with van der Waals surface area (Å²) in [4.78, 5) is 9.15. The number of halogens is 1. The van der Waals surface area contributed by atoms with Crippen LogP contribution in [0.3, 0.4) is 0 Å². The summed E-state index contributed by atoms with van der Waals surface area (Å²) in [5.41, 5.74) is 4.13. The van der Waals surface area contributed by atoms with Gasteiger partial charge in [-0.15, -0.1) is 0 Å². The molecule has 0 aliphatic heterocycles. The first-order valence-corrected chi connectivity index (χ1v) is 9.89. The summed E-state index contributed by atoms with van der Waals surface area (Å²) in [5.74, 6) is 0.810. The minimum atomic E-state index is 0.128. The van der Waals surface area contributed by atoms with Crippen LogP contribution in [0.25, 0.3) is 27.8 Å². The normalized spacial score (nSPS) is 12.2. The monoisotopic (exact) mass is 436 g/mol. The molecule has 0 saturated carbocycles. The molecule has 0 fully saturated rings. The van der Waals surface area contributed by atoms with Crippen molar-refractivity contribution in [3.63, 3.8) is 0 Å². The second-order valence-electron chi connectivity index (χ2n) is 6.68. The van der Waals surface area contributed by atoms with Gasteiger partial charge in [0.2, 0.25) is 0 Å². The number of hydrogen-bond donors (Lipinski definition) is 1. The zero-order valence-corrected chi connectivity index (χ0v) is 17.3. The van der Waals surface area contributed by atoms with Crippen molar-refractivity contribution in [2.45, 2.75) is 13.0 Å². The number of fused-ring (bicyclic) bond motifs is 1. The van der Waals surface area contributed by atoms with Crippen LogP contribution in [0.5, 0.6) is 0 Å². The van der Waals surface area contributed by atoms with Crippen LogP contribution in [0.2, 0.25) is 0 Å². The van der Waals surface area contributed by atoms with E-state index in [4.69, 9.17) is 4.74 Å². The Labute approximate surface area is 172 Å². The van der Waals surface area contributed by atoms with Gasteiger partial charge >= 0.3 is 0 Å². The van der Waals surface area contributed by atoms with Crippen LogP contribution in [0.15, 0.2) is 71.6 Å². The van der Waals surface area contributed by atoms with Crippen LogP contribution in [-0.4, -0.2) is 34.3 Å². The Morgan fingerprint density at radius 2 is 1.82 bits per heavy atom. The van der Waals surface area contributed by atoms with E-state index < -0.39 is 0 Å². The predicted molar refractivity (Wildman–Crippen MR) is 117 cm³/mol. The number of nitrogens with zero attached hydrogens (tertiary/aromatic N) is 3. The molecule has 0 bridgehead atoms. The number of nitrogens with one attached hydrogen (secondary N) is 1. The Kier molecular flexibility index (Phi) is 5.41. The van der Waals surface area contributed by atoms with E-state index in [9.17, 15) is 0 Å². The predicted octanol–water partition coefficient (Wildman–Crippen LogP) is 5.30. The van der Waals surface area contributed by atoms with Gasteiger partial charge in [0.1, 0.15) is 12.1 Å². The van der Waals surface area contributed by atoms with E-state index in [1.807, 2.05) is 30.3 Å². The van der Waals surface area contributed by atoms with Crippen LogP contribution in [0.4, 0.5) is 5.82 Å². The number of aromatic nitrogens is 3. The van der Waals surface area contributed by atoms with E-state index in [-0.39, 0.29) is 6.04 Å². The van der Waals surface area contributed by atoms with Crippen molar-refractivity contribution in [1.29, 1.82) is 0 Å². The smallest absolute Gasteiger partial charge is 0.150 e. The summed E-state index contributed by atoms with van der Waals surface area (Å²) in [6.07, 6.45) is 3.73. The second-order valence-corrected chi connectivity index (χ2v) is 7.59. The standard InChI is InChI=1S/C22H21BrN4O/c1-15(13-28-2)26-21-20-19(16-6-4-3-5-7-16)12-27(22(20)25-14-24-21)18-10-8-17(23)9-11-18/h3-12,14-15H,13H2,1-2H3,(H,24,25,26)/t15-/m0/s1. The first-order chi connectivity index (χ1) is 13.7. The molecule has 0 amide bonds. The van der Waals surface area contributed by atoms with E-state index in [2.05, 4.69) is 73.2 Å². The molecule has 2 heterocycles. The molecule has 2 aromatic carbocycles. The molecule has 0 radical (unpaired) electrons. The van der Waals surface area contributed by atoms with Crippen molar-refractivity contribution < 1.29 is 4.74 Å². The Balaban J connectivity index is 1.93. The SMILES string of the molecule is COC[C@H](C)Nc1ncnc2c1c(-c1ccccc1)cn2-c1ccc(Br)cc1. The first kappa shape index (κ1) is 18.7. The van der Waals surface area contributed by atoms with E-state index in [0.717, 1.165) is 38.1 Å². The fourth-order valence-electron chi connectivity index (χ4n) is 3.33. The molecule has 4 rings (SSSR count). The molecule has 2 aromatic heterocycles. The maximum absolute atomic E-state index is 5.27. The minimum absolute atomic E-state index is 0.128. The van der Waals surface area contributed by atoms with Gasteiger partial charge < -0.3 is 14.6 Å². The number of anilines is 1. The average Bonchev–Trinajstić information content (AvgIpc) is 3.10. The summed E-state index contributed by atoms with van der Waals surface area (Å²) >= 11 is 3.51. The van der Waals surface area contributed by atoms with Gasteiger partial charge in [-0.2, -0.15) is 0 Å². The van der Waals surface area contributed by atoms with E-state index in [0.29, 0.717) is 6.61 Å². The highest BCUT2D eigenvalue weighted by molar-refractivity contribution is 9.10. The van der Waals surface area contributed by atoms with Gasteiger partial charge in [0.25, 0.3) is 0 Å². The van der Waals surface area contributed by atoms with Crippen LogP contribution in [-0.2, 0) is 4.74 Å². The van der Waals surface area contributed by atoms with E-state index in [1.165, 1.54) is 0 Å². The van der Waals surface area contributed by atoms with Crippen molar-refractivity contribution in [3.05, 3.63) is 71.6 Å². The van der Waals surface area contributed by atoms with Crippen molar-refractivity contribution in [2.24, 2.45) is 0 Å². The molecule has 4 aromatic rings. The van der Waals surface area contributed by atoms with Crippen molar-refractivity contribution in [2.75, 3.05) is 19.0 Å². The quantitative estimate of drug-likeness (QED) is 0.445. The Morgan fingerprint density at radius 1 is 1.07 bits per heavy atom. The van der Waals surface area contributed by atoms with Crippen molar-refractivity contribution in [3.8, 4) is 16.8 Å². The fraction of sp³-hybridized carbons (Fsp3) is 0.182. The lowest BCUT2D eigenvalue weighted by molar-refractivity contribution is 0.190. The third-order valence-corrected chi connectivity index (χ3v) is 5.10. The van der Waals surface area contributed by atoms with Gasteiger partial charge in [0.05, 0.1) is 12.0 Å². The highest BCUT2D eigenvalue weighted by Crippen LogP contribution is 2.35. The molecule has 142 valence electrons. The van der Waals surface area contributed by atoms with Gasteiger partial charge in [0, 0.05) is 35.1 Å². The number of hydrogen-bond acceptors (Lipinski definition) is 4. The lowest BCUT2D eigenvalue weighted by atomic mass is 10.1. The Hall–Kier alpha value is -2.70. The highest BCUT2D eigenvalue weighted by atomic mass is 79.9. The van der Waals surface area contributed by atoms with Gasteiger partial charge in [-0.1, -0.05) is 46.3 Å². The number of methoxy groups -OCH3 is 1. The average molecular weight is 437 g/mol. The second kappa shape index (κ2) is 8.12.